The van der Waals surface area contributed by atoms with Crippen LogP contribution < -0.4 is 9.64 Å². The van der Waals surface area contributed by atoms with Crippen molar-refractivity contribution in [3.63, 3.8) is 0 Å². The molecule has 4 rings (SSSR count). The molecular formula is C23H32N4O4S. The molecule has 2 aromatic rings. The van der Waals surface area contributed by atoms with Gasteiger partial charge in [0, 0.05) is 58.6 Å². The molecular weight excluding hydrogens is 428 g/mol. The standard InChI is InChI=1S/C23H32N4O4S/c1-4-7-23(26-14-12-25(13-15-26)19-8-5-6-9-21(19)31-3)27-16-18-20(28)10-11-24(2)32(29,30)22(18)17-27/h5-6,8-9,16-17,23H,4,7,10-15H2,1-3H3. The average molecular weight is 461 g/mol. The number of carbonyl (C=O) groups is 1. The molecule has 8 nitrogen and oxygen atoms in total. The zero-order valence-electron chi connectivity index (χ0n) is 19.0. The van der Waals surface area contributed by atoms with Crippen molar-refractivity contribution in [2.24, 2.45) is 0 Å². The second-order valence-corrected chi connectivity index (χ2v) is 10.5. The molecule has 2 aliphatic heterocycles. The fraction of sp³-hybridized carbons (Fsp3) is 0.522. The van der Waals surface area contributed by atoms with Gasteiger partial charge in [0.05, 0.1) is 24.5 Å². The Morgan fingerprint density at radius 3 is 2.47 bits per heavy atom. The van der Waals surface area contributed by atoms with Crippen molar-refractivity contribution in [2.45, 2.75) is 37.2 Å². The Kier molecular flexibility index (Phi) is 6.60. The van der Waals surface area contributed by atoms with E-state index in [1.165, 1.54) is 11.4 Å². The Hall–Kier alpha value is -2.36. The highest BCUT2D eigenvalue weighted by Gasteiger charge is 2.34. The molecule has 174 valence electrons. The van der Waals surface area contributed by atoms with E-state index in [-0.39, 0.29) is 29.8 Å². The van der Waals surface area contributed by atoms with Gasteiger partial charge in [-0.25, -0.2) is 12.7 Å². The summed E-state index contributed by atoms with van der Waals surface area (Å²) in [5, 5.41) is 0. The monoisotopic (exact) mass is 460 g/mol. The first-order valence-corrected chi connectivity index (χ1v) is 12.6. The van der Waals surface area contributed by atoms with Gasteiger partial charge in [-0.2, -0.15) is 0 Å². The quantitative estimate of drug-likeness (QED) is 0.660. The van der Waals surface area contributed by atoms with Crippen LogP contribution in [0.25, 0.3) is 0 Å². The summed E-state index contributed by atoms with van der Waals surface area (Å²) in [7, 11) is -0.423. The minimum absolute atomic E-state index is 0.0139. The molecule has 1 atom stereocenters. The third-order valence-corrected chi connectivity index (χ3v) is 8.39. The maximum Gasteiger partial charge on any atom is 0.245 e. The number of aromatic nitrogens is 1. The summed E-state index contributed by atoms with van der Waals surface area (Å²) in [6, 6.07) is 8.04. The summed E-state index contributed by atoms with van der Waals surface area (Å²) in [5.74, 6) is 0.760. The van der Waals surface area contributed by atoms with Gasteiger partial charge in [0.1, 0.15) is 10.6 Å². The Morgan fingerprint density at radius 2 is 1.78 bits per heavy atom. The first-order chi connectivity index (χ1) is 15.4. The molecule has 3 heterocycles. The van der Waals surface area contributed by atoms with Gasteiger partial charge in [-0.15, -0.1) is 0 Å². The molecule has 0 saturated carbocycles. The zero-order chi connectivity index (χ0) is 22.9. The lowest BCUT2D eigenvalue weighted by Gasteiger charge is -2.41. The van der Waals surface area contributed by atoms with E-state index in [0.29, 0.717) is 5.56 Å². The molecule has 1 aromatic heterocycles. The lowest BCUT2D eigenvalue weighted by atomic mass is 10.1. The van der Waals surface area contributed by atoms with E-state index in [2.05, 4.69) is 22.8 Å². The fourth-order valence-corrected chi connectivity index (χ4v) is 6.02. The van der Waals surface area contributed by atoms with Crippen LogP contribution in [0.2, 0.25) is 0 Å². The lowest BCUT2D eigenvalue weighted by Crippen LogP contribution is -2.48. The number of nitrogens with zero attached hydrogens (tertiary/aromatic N) is 4. The van der Waals surface area contributed by atoms with E-state index in [0.717, 1.165) is 50.5 Å². The van der Waals surface area contributed by atoms with Gasteiger partial charge in [0.2, 0.25) is 10.0 Å². The van der Waals surface area contributed by atoms with Crippen molar-refractivity contribution in [1.29, 1.82) is 0 Å². The summed E-state index contributed by atoms with van der Waals surface area (Å²) < 4.78 is 34.6. The molecule has 32 heavy (non-hydrogen) atoms. The molecule has 0 spiro atoms. The summed E-state index contributed by atoms with van der Waals surface area (Å²) >= 11 is 0. The second kappa shape index (κ2) is 9.25. The van der Waals surface area contributed by atoms with E-state index < -0.39 is 10.0 Å². The predicted octanol–water partition coefficient (Wildman–Crippen LogP) is 2.82. The van der Waals surface area contributed by atoms with E-state index in [1.807, 2.05) is 22.8 Å². The summed E-state index contributed by atoms with van der Waals surface area (Å²) in [4.78, 5) is 17.5. The van der Waals surface area contributed by atoms with E-state index in [4.69, 9.17) is 4.74 Å². The maximum absolute atomic E-state index is 12.9. The number of fused-ring (bicyclic) bond motifs is 1. The van der Waals surface area contributed by atoms with Gasteiger partial charge >= 0.3 is 0 Å². The zero-order valence-corrected chi connectivity index (χ0v) is 19.8. The van der Waals surface area contributed by atoms with E-state index in [1.54, 1.807) is 19.5 Å². The molecule has 1 unspecified atom stereocenters. The Bertz CT molecular complexity index is 1070. The Morgan fingerprint density at radius 1 is 1.06 bits per heavy atom. The van der Waals surface area contributed by atoms with Crippen LogP contribution in [-0.4, -0.2) is 74.9 Å². The summed E-state index contributed by atoms with van der Waals surface area (Å²) in [5.41, 5.74) is 1.41. The summed E-state index contributed by atoms with van der Waals surface area (Å²) in [6.45, 7) is 5.72. The number of sulfonamides is 1. The van der Waals surface area contributed by atoms with Gasteiger partial charge < -0.3 is 14.2 Å². The van der Waals surface area contributed by atoms with Crippen LogP contribution in [0.1, 0.15) is 42.7 Å². The topological polar surface area (TPSA) is 75.1 Å². The number of para-hydroxylation sites is 2. The number of carbonyl (C=O) groups excluding carboxylic acids is 1. The molecule has 2 aliphatic rings. The molecule has 0 N–H and O–H groups in total. The van der Waals surface area contributed by atoms with Crippen molar-refractivity contribution < 1.29 is 17.9 Å². The SMILES string of the molecule is CCCC(N1CCN(c2ccccc2OC)CC1)n1cc2c(c1)S(=O)(=O)N(C)CCC2=O. The third-order valence-electron chi connectivity index (χ3n) is 6.50. The molecule has 0 amide bonds. The number of hydrogen-bond donors (Lipinski definition) is 0. The normalized spacial score (nSPS) is 20.6. The number of benzene rings is 1. The van der Waals surface area contributed by atoms with Gasteiger partial charge in [-0.05, 0) is 18.6 Å². The number of ketones is 1. The number of Topliss-reactive ketones (excluding diaryl/α,β-unsaturated/α-hetero) is 1. The molecule has 0 aliphatic carbocycles. The minimum atomic E-state index is -3.65. The molecule has 1 aromatic carbocycles. The van der Waals surface area contributed by atoms with Crippen LogP contribution in [0.15, 0.2) is 41.6 Å². The molecule has 1 fully saturated rings. The lowest BCUT2D eigenvalue weighted by molar-refractivity contribution is 0.0976. The van der Waals surface area contributed by atoms with Crippen molar-refractivity contribution in [1.82, 2.24) is 13.8 Å². The third kappa shape index (κ3) is 4.16. The number of anilines is 1. The van der Waals surface area contributed by atoms with Gasteiger partial charge in [0.15, 0.2) is 5.78 Å². The van der Waals surface area contributed by atoms with Crippen molar-refractivity contribution in [2.75, 3.05) is 51.8 Å². The smallest absolute Gasteiger partial charge is 0.245 e. The Balaban J connectivity index is 1.58. The van der Waals surface area contributed by atoms with Crippen LogP contribution in [0.3, 0.4) is 0 Å². The summed E-state index contributed by atoms with van der Waals surface area (Å²) in [6.07, 6.45) is 5.48. The number of ether oxygens (including phenoxy) is 1. The second-order valence-electron chi connectivity index (χ2n) is 8.45. The Labute approximate surface area is 190 Å². The average Bonchev–Trinajstić information content (AvgIpc) is 3.24. The highest BCUT2D eigenvalue weighted by molar-refractivity contribution is 7.89. The number of piperazine rings is 1. The van der Waals surface area contributed by atoms with Crippen molar-refractivity contribution >= 4 is 21.5 Å². The first-order valence-electron chi connectivity index (χ1n) is 11.2. The van der Waals surface area contributed by atoms with Crippen LogP contribution in [-0.2, 0) is 10.0 Å². The molecule has 0 radical (unpaired) electrons. The first kappa shape index (κ1) is 22.8. The van der Waals surface area contributed by atoms with Gasteiger partial charge in [0.25, 0.3) is 0 Å². The van der Waals surface area contributed by atoms with Gasteiger partial charge in [-0.3, -0.25) is 9.69 Å². The number of rotatable bonds is 6. The minimum Gasteiger partial charge on any atom is -0.495 e. The van der Waals surface area contributed by atoms with Crippen LogP contribution in [0.4, 0.5) is 5.69 Å². The molecule has 9 heteroatoms. The van der Waals surface area contributed by atoms with Gasteiger partial charge in [-0.1, -0.05) is 25.5 Å². The van der Waals surface area contributed by atoms with Crippen molar-refractivity contribution in [3.8, 4) is 5.75 Å². The van der Waals surface area contributed by atoms with E-state index in [9.17, 15) is 13.2 Å². The maximum atomic E-state index is 12.9. The van der Waals surface area contributed by atoms with Crippen LogP contribution >= 0.6 is 0 Å². The predicted molar refractivity (Wildman–Crippen MR) is 124 cm³/mol. The highest BCUT2D eigenvalue weighted by atomic mass is 32.2. The highest BCUT2D eigenvalue weighted by Crippen LogP contribution is 2.32. The van der Waals surface area contributed by atoms with Crippen LogP contribution in [0, 0.1) is 0 Å². The molecule has 0 bridgehead atoms. The molecule has 1 saturated heterocycles. The number of hydrogen-bond acceptors (Lipinski definition) is 6. The van der Waals surface area contributed by atoms with E-state index >= 15 is 0 Å². The fourth-order valence-electron chi connectivity index (χ4n) is 4.65. The van der Waals surface area contributed by atoms with Crippen LogP contribution in [0.5, 0.6) is 5.75 Å². The largest absolute Gasteiger partial charge is 0.495 e. The number of methoxy groups -OCH3 is 1. The van der Waals surface area contributed by atoms with Crippen molar-refractivity contribution in [3.05, 3.63) is 42.2 Å².